The molecule has 0 radical (unpaired) electrons. The van der Waals surface area contributed by atoms with Gasteiger partial charge < -0.3 is 10.1 Å². The number of carbonyl (C=O) groups is 1. The fourth-order valence-corrected chi connectivity index (χ4v) is 7.12. The molecule has 1 N–H and O–H groups in total. The van der Waals surface area contributed by atoms with Crippen molar-refractivity contribution in [3.05, 3.63) is 18.3 Å². The topological polar surface area (TPSA) is 91.8 Å². The van der Waals surface area contributed by atoms with Gasteiger partial charge in [0.05, 0.1) is 24.0 Å². The number of pyridine rings is 1. The maximum atomic E-state index is 12.6. The predicted molar refractivity (Wildman–Crippen MR) is 124 cm³/mol. The molecule has 0 atom stereocenters. The molecule has 1 aromatic heterocycles. The van der Waals surface area contributed by atoms with Crippen molar-refractivity contribution < 1.29 is 17.9 Å². The van der Waals surface area contributed by atoms with Crippen LogP contribution in [0.1, 0.15) is 44.9 Å². The summed E-state index contributed by atoms with van der Waals surface area (Å²) >= 11 is 1.34. The summed E-state index contributed by atoms with van der Waals surface area (Å²) in [5, 5.41) is 3.81. The summed E-state index contributed by atoms with van der Waals surface area (Å²) in [6.45, 7) is 5.21. The van der Waals surface area contributed by atoms with Gasteiger partial charge in [0.2, 0.25) is 15.9 Å². The molecule has 3 heterocycles. The van der Waals surface area contributed by atoms with E-state index in [9.17, 15) is 13.2 Å². The van der Waals surface area contributed by atoms with E-state index in [1.54, 1.807) is 12.1 Å². The fraction of sp³-hybridized carbons (Fsp3) is 0.727. The zero-order valence-corrected chi connectivity index (χ0v) is 20.3. The summed E-state index contributed by atoms with van der Waals surface area (Å²) in [4.78, 5) is 19.6. The number of amides is 1. The van der Waals surface area contributed by atoms with Crippen LogP contribution < -0.4 is 5.32 Å². The van der Waals surface area contributed by atoms with E-state index in [2.05, 4.69) is 15.2 Å². The van der Waals surface area contributed by atoms with Gasteiger partial charge in [0.25, 0.3) is 0 Å². The Morgan fingerprint density at radius 1 is 1.06 bits per heavy atom. The molecule has 0 bridgehead atoms. The van der Waals surface area contributed by atoms with Crippen molar-refractivity contribution in [3.63, 3.8) is 0 Å². The number of nitrogens with one attached hydrogen (secondary N) is 1. The number of thioether (sulfide) groups is 1. The Hall–Kier alpha value is -1.20. The average molecular weight is 483 g/mol. The largest absolute Gasteiger partial charge is 0.379 e. The van der Waals surface area contributed by atoms with Crippen molar-refractivity contribution in [3.8, 4) is 0 Å². The van der Waals surface area contributed by atoms with Crippen LogP contribution in [-0.2, 0) is 19.6 Å². The van der Waals surface area contributed by atoms with Crippen LogP contribution >= 0.6 is 11.8 Å². The van der Waals surface area contributed by atoms with Gasteiger partial charge in [-0.2, -0.15) is 4.31 Å². The molecule has 0 unspecified atom stereocenters. The Bertz CT molecular complexity index is 860. The van der Waals surface area contributed by atoms with E-state index < -0.39 is 10.0 Å². The van der Waals surface area contributed by atoms with Crippen LogP contribution in [0.5, 0.6) is 0 Å². The van der Waals surface area contributed by atoms with Gasteiger partial charge in [-0.05, 0) is 37.8 Å². The molecule has 1 aliphatic carbocycles. The summed E-state index contributed by atoms with van der Waals surface area (Å²) in [5.41, 5.74) is 0.0478. The molecule has 178 valence electrons. The van der Waals surface area contributed by atoms with Crippen LogP contribution in [0.25, 0.3) is 0 Å². The molecule has 1 aromatic rings. The maximum Gasteiger partial charge on any atom is 0.244 e. The Balaban J connectivity index is 1.28. The lowest BCUT2D eigenvalue weighted by molar-refractivity contribution is -0.119. The number of hydrogen-bond acceptors (Lipinski definition) is 7. The summed E-state index contributed by atoms with van der Waals surface area (Å²) in [6.07, 6.45) is 9.14. The van der Waals surface area contributed by atoms with E-state index >= 15 is 0 Å². The zero-order valence-electron chi connectivity index (χ0n) is 18.6. The molecule has 4 rings (SSSR count). The third kappa shape index (κ3) is 5.64. The van der Waals surface area contributed by atoms with Crippen molar-refractivity contribution in [2.45, 2.75) is 60.4 Å². The number of carbonyl (C=O) groups excluding carboxylic acids is 1. The second-order valence-corrected chi connectivity index (χ2v) is 11.8. The van der Waals surface area contributed by atoms with Crippen LogP contribution in [0.2, 0.25) is 0 Å². The highest BCUT2D eigenvalue weighted by Gasteiger charge is 2.38. The first-order valence-corrected chi connectivity index (χ1v) is 14.1. The van der Waals surface area contributed by atoms with Crippen molar-refractivity contribution in [2.75, 3.05) is 51.7 Å². The highest BCUT2D eigenvalue weighted by atomic mass is 32.2. The standard InChI is InChI=1S/C22H34N4O4S2/c27-20(24-18-22(8-2-1-3-9-22)25-12-14-30-15-13-25)17-31-21-7-6-19(16-23-21)32(28,29)26-10-4-5-11-26/h6-7,16H,1-5,8-15,17-18H2,(H,24,27). The molecule has 32 heavy (non-hydrogen) atoms. The molecular formula is C22H34N4O4S2. The number of aromatic nitrogens is 1. The first kappa shape index (κ1) is 23.9. The first-order valence-electron chi connectivity index (χ1n) is 11.7. The van der Waals surface area contributed by atoms with Crippen LogP contribution in [0.15, 0.2) is 28.3 Å². The third-order valence-corrected chi connectivity index (χ3v) is 9.67. The SMILES string of the molecule is O=C(CSc1ccc(S(=O)(=O)N2CCCC2)cn1)NCC1(N2CCOCC2)CCCCC1. The molecule has 0 aromatic carbocycles. The highest BCUT2D eigenvalue weighted by molar-refractivity contribution is 7.99. The fourth-order valence-electron chi connectivity index (χ4n) is 4.99. The lowest BCUT2D eigenvalue weighted by Crippen LogP contribution is -2.59. The van der Waals surface area contributed by atoms with Crippen molar-refractivity contribution >= 4 is 27.7 Å². The summed E-state index contributed by atoms with van der Waals surface area (Å²) in [7, 11) is -3.46. The molecule has 1 amide bonds. The quantitative estimate of drug-likeness (QED) is 0.568. The molecule has 2 saturated heterocycles. The lowest BCUT2D eigenvalue weighted by atomic mass is 9.79. The minimum absolute atomic E-state index is 0.0104. The number of sulfonamides is 1. The molecule has 0 spiro atoms. The number of ether oxygens (including phenoxy) is 1. The zero-order chi connectivity index (χ0) is 22.4. The minimum atomic E-state index is -3.46. The summed E-state index contributed by atoms with van der Waals surface area (Å²) < 4.78 is 32.3. The molecule has 10 heteroatoms. The Morgan fingerprint density at radius 2 is 1.78 bits per heavy atom. The maximum absolute atomic E-state index is 12.6. The Morgan fingerprint density at radius 3 is 2.44 bits per heavy atom. The van der Waals surface area contributed by atoms with E-state index in [-0.39, 0.29) is 22.1 Å². The number of morpholine rings is 1. The molecule has 2 aliphatic heterocycles. The lowest BCUT2D eigenvalue weighted by Gasteiger charge is -2.48. The second kappa shape index (κ2) is 10.8. The number of hydrogen-bond donors (Lipinski definition) is 1. The second-order valence-electron chi connectivity index (χ2n) is 8.89. The monoisotopic (exact) mass is 482 g/mol. The van der Waals surface area contributed by atoms with Crippen molar-refractivity contribution in [1.29, 1.82) is 0 Å². The van der Waals surface area contributed by atoms with Crippen LogP contribution in [0, 0.1) is 0 Å². The highest BCUT2D eigenvalue weighted by Crippen LogP contribution is 2.34. The minimum Gasteiger partial charge on any atom is -0.379 e. The predicted octanol–water partition coefficient (Wildman–Crippen LogP) is 2.11. The molecule has 3 fully saturated rings. The molecular weight excluding hydrogens is 448 g/mol. The Labute approximate surface area is 195 Å². The smallest absolute Gasteiger partial charge is 0.244 e. The van der Waals surface area contributed by atoms with Gasteiger partial charge in [-0.25, -0.2) is 13.4 Å². The van der Waals surface area contributed by atoms with E-state index in [0.29, 0.717) is 24.7 Å². The summed E-state index contributed by atoms with van der Waals surface area (Å²) in [6, 6.07) is 3.29. The average Bonchev–Trinajstić information content (AvgIpc) is 3.39. The van der Waals surface area contributed by atoms with Crippen LogP contribution in [0.4, 0.5) is 0 Å². The van der Waals surface area contributed by atoms with Gasteiger partial charge in [0.1, 0.15) is 4.90 Å². The van der Waals surface area contributed by atoms with Crippen LogP contribution in [0.3, 0.4) is 0 Å². The van der Waals surface area contributed by atoms with Gasteiger partial charge in [-0.3, -0.25) is 9.69 Å². The van der Waals surface area contributed by atoms with Gasteiger partial charge in [-0.15, -0.1) is 0 Å². The molecule has 3 aliphatic rings. The van der Waals surface area contributed by atoms with E-state index in [1.807, 2.05) is 0 Å². The Kier molecular flexibility index (Phi) is 8.09. The van der Waals surface area contributed by atoms with Gasteiger partial charge in [-0.1, -0.05) is 31.0 Å². The van der Waals surface area contributed by atoms with E-state index in [0.717, 1.165) is 52.0 Å². The van der Waals surface area contributed by atoms with E-state index in [4.69, 9.17) is 4.74 Å². The van der Waals surface area contributed by atoms with E-state index in [1.165, 1.54) is 41.5 Å². The molecule has 1 saturated carbocycles. The van der Waals surface area contributed by atoms with Crippen molar-refractivity contribution in [2.24, 2.45) is 0 Å². The molecule has 8 nitrogen and oxygen atoms in total. The van der Waals surface area contributed by atoms with Crippen molar-refractivity contribution in [1.82, 2.24) is 19.5 Å². The van der Waals surface area contributed by atoms with Gasteiger partial charge in [0.15, 0.2) is 0 Å². The van der Waals surface area contributed by atoms with Crippen LogP contribution in [-0.4, -0.2) is 85.7 Å². The first-order chi connectivity index (χ1) is 15.5. The number of nitrogens with zero attached hydrogens (tertiary/aromatic N) is 3. The van der Waals surface area contributed by atoms with Gasteiger partial charge in [0, 0.05) is 44.5 Å². The van der Waals surface area contributed by atoms with Gasteiger partial charge >= 0.3 is 0 Å². The number of rotatable bonds is 8. The normalized spacial score (nSPS) is 22.6. The summed E-state index contributed by atoms with van der Waals surface area (Å²) in [5.74, 6) is 0.258. The third-order valence-electron chi connectivity index (χ3n) is 6.84.